The minimum absolute atomic E-state index is 0.575. The Morgan fingerprint density at radius 2 is 1.00 bits per heavy atom. The van der Waals surface area contributed by atoms with Gasteiger partial charge in [0, 0.05) is 48.9 Å². The van der Waals surface area contributed by atoms with Crippen LogP contribution in [0.1, 0.15) is 0 Å². The summed E-state index contributed by atoms with van der Waals surface area (Å²) in [5.41, 5.74) is 9.86. The van der Waals surface area contributed by atoms with Gasteiger partial charge in [0.1, 0.15) is 11.2 Å². The molecule has 0 aliphatic rings. The van der Waals surface area contributed by atoms with Crippen LogP contribution in [0.2, 0.25) is 5.02 Å². The Morgan fingerprint density at radius 3 is 1.80 bits per heavy atom. The molecule has 0 aliphatic carbocycles. The maximum absolute atomic E-state index is 6.51. The lowest BCUT2D eigenvalue weighted by atomic mass is 10.0. The highest BCUT2D eigenvalue weighted by molar-refractivity contribution is 6.32. The second-order valence-electron chi connectivity index (χ2n) is 13.8. The van der Waals surface area contributed by atoms with Gasteiger partial charge >= 0.3 is 0 Å². The number of rotatable bonds is 5. The van der Waals surface area contributed by atoms with Crippen molar-refractivity contribution in [3.63, 3.8) is 0 Å². The molecule has 11 rings (SSSR count). The van der Waals surface area contributed by atoms with Crippen LogP contribution in [0.3, 0.4) is 0 Å². The van der Waals surface area contributed by atoms with Gasteiger partial charge in [-0.2, -0.15) is 0 Å². The van der Waals surface area contributed by atoms with E-state index in [2.05, 4.69) is 132 Å². The Balaban J connectivity index is 1.13. The van der Waals surface area contributed by atoms with Crippen LogP contribution in [-0.4, -0.2) is 19.5 Å². The lowest BCUT2D eigenvalue weighted by Crippen LogP contribution is -2.00. The van der Waals surface area contributed by atoms with E-state index in [1.54, 1.807) is 0 Å². The zero-order valence-electron chi connectivity index (χ0n) is 29.3. The van der Waals surface area contributed by atoms with Crippen LogP contribution in [0.25, 0.3) is 105 Å². The first-order valence-electron chi connectivity index (χ1n) is 18.2. The molecule has 0 aliphatic heterocycles. The van der Waals surface area contributed by atoms with Gasteiger partial charge in [0.25, 0.3) is 0 Å². The highest BCUT2D eigenvalue weighted by Gasteiger charge is 2.18. The maximum atomic E-state index is 6.51. The van der Waals surface area contributed by atoms with Crippen LogP contribution in [-0.2, 0) is 0 Å². The summed E-state index contributed by atoms with van der Waals surface area (Å²) < 4.78 is 8.66. The highest BCUT2D eigenvalue weighted by atomic mass is 35.5. The normalized spacial score (nSPS) is 11.7. The molecular weight excluding hydrogens is 696 g/mol. The van der Waals surface area contributed by atoms with Crippen LogP contribution < -0.4 is 0 Å². The molecule has 3 heterocycles. The van der Waals surface area contributed by atoms with Crippen molar-refractivity contribution in [3.8, 4) is 51.0 Å². The summed E-state index contributed by atoms with van der Waals surface area (Å²) in [6, 6.07) is 60.5. The van der Waals surface area contributed by atoms with Crippen LogP contribution in [0.15, 0.2) is 180 Å². The molecule has 0 saturated carbocycles. The van der Waals surface area contributed by atoms with Crippen LogP contribution in [0, 0.1) is 0 Å². The molecule has 0 unspecified atom stereocenters. The van der Waals surface area contributed by atoms with E-state index < -0.39 is 0 Å². The number of hydrogen-bond donors (Lipinski definition) is 0. The number of hydrogen-bond acceptors (Lipinski definition) is 4. The van der Waals surface area contributed by atoms with Gasteiger partial charge in [0.15, 0.2) is 17.5 Å². The molecule has 55 heavy (non-hydrogen) atoms. The second kappa shape index (κ2) is 12.5. The minimum Gasteiger partial charge on any atom is -0.456 e. The van der Waals surface area contributed by atoms with Crippen molar-refractivity contribution in [2.75, 3.05) is 0 Å². The molecule has 3 aromatic heterocycles. The Bertz CT molecular complexity index is 3280. The summed E-state index contributed by atoms with van der Waals surface area (Å²) in [6.45, 7) is 0. The fraction of sp³-hybridized carbons (Fsp3) is 0. The van der Waals surface area contributed by atoms with Crippen molar-refractivity contribution >= 4 is 66.1 Å². The van der Waals surface area contributed by atoms with Crippen molar-refractivity contribution in [1.29, 1.82) is 0 Å². The average Bonchev–Trinajstić information content (AvgIpc) is 3.79. The lowest BCUT2D eigenvalue weighted by molar-refractivity contribution is 0.669. The maximum Gasteiger partial charge on any atom is 0.164 e. The van der Waals surface area contributed by atoms with Gasteiger partial charge in [-0.3, -0.25) is 0 Å². The second-order valence-corrected chi connectivity index (χ2v) is 14.2. The lowest BCUT2D eigenvalue weighted by Gasteiger charge is -2.11. The highest BCUT2D eigenvalue weighted by Crippen LogP contribution is 2.39. The van der Waals surface area contributed by atoms with Crippen molar-refractivity contribution in [1.82, 2.24) is 19.5 Å². The van der Waals surface area contributed by atoms with Gasteiger partial charge in [0.2, 0.25) is 0 Å². The molecule has 8 aromatic carbocycles. The molecule has 11 aromatic rings. The number of para-hydroxylation sites is 2. The molecule has 258 valence electrons. The van der Waals surface area contributed by atoms with E-state index >= 15 is 0 Å². The van der Waals surface area contributed by atoms with E-state index in [1.165, 1.54) is 0 Å². The molecule has 6 heteroatoms. The molecular formula is C49H29ClN4O. The van der Waals surface area contributed by atoms with E-state index in [-0.39, 0.29) is 0 Å². The van der Waals surface area contributed by atoms with Crippen molar-refractivity contribution in [3.05, 3.63) is 181 Å². The van der Waals surface area contributed by atoms with Gasteiger partial charge < -0.3 is 8.98 Å². The molecule has 0 fully saturated rings. The van der Waals surface area contributed by atoms with E-state index in [9.17, 15) is 0 Å². The first-order chi connectivity index (χ1) is 27.1. The molecule has 0 bridgehead atoms. The molecule has 0 radical (unpaired) electrons. The van der Waals surface area contributed by atoms with Gasteiger partial charge in [-0.25, -0.2) is 15.0 Å². The SMILES string of the molecule is Clc1ccc2ccc3oc4ccc(-c5nc(-c6cccc(-c7ccccc7)c6)nc(-c6ccc7c(c6)c6ccccc6n7-c6ccccc6)n5)cc4c3c2c1. The molecule has 0 N–H and O–H groups in total. The standard InChI is InChI=1S/C49H29ClN4O/c50-36-22-18-31-20-25-45-46(39(31)29-36)41-28-35(21-24-44(41)55-45)49-52-47(33-13-9-12-32(26-33)30-10-3-1-4-11-30)51-48(53-49)34-19-23-43-40(27-34)38-16-7-8-17-42(38)54(43)37-14-5-2-6-15-37/h1-29H. The summed E-state index contributed by atoms with van der Waals surface area (Å²) in [5.74, 6) is 1.77. The third kappa shape index (κ3) is 5.28. The number of nitrogens with zero attached hydrogens (tertiary/aromatic N) is 4. The predicted octanol–water partition coefficient (Wildman–Crippen LogP) is 13.3. The zero-order valence-corrected chi connectivity index (χ0v) is 30.1. The van der Waals surface area contributed by atoms with Gasteiger partial charge in [0.05, 0.1) is 11.0 Å². The Kier molecular flexibility index (Phi) is 7.15. The van der Waals surface area contributed by atoms with E-state index in [1.807, 2.05) is 48.5 Å². The van der Waals surface area contributed by atoms with Crippen LogP contribution in [0.5, 0.6) is 0 Å². The first kappa shape index (κ1) is 31.4. The smallest absolute Gasteiger partial charge is 0.164 e. The number of benzene rings is 8. The Hall–Kier alpha value is -7.08. The fourth-order valence-electron chi connectivity index (χ4n) is 7.91. The van der Waals surface area contributed by atoms with Gasteiger partial charge in [-0.05, 0) is 101 Å². The molecule has 0 amide bonds. The number of halogens is 1. The van der Waals surface area contributed by atoms with Crippen LogP contribution in [0.4, 0.5) is 0 Å². The molecule has 0 saturated heterocycles. The number of fused-ring (bicyclic) bond motifs is 8. The quantitative estimate of drug-likeness (QED) is 0.177. The monoisotopic (exact) mass is 724 g/mol. The first-order valence-corrected chi connectivity index (χ1v) is 18.6. The Morgan fingerprint density at radius 1 is 0.400 bits per heavy atom. The summed E-state index contributed by atoms with van der Waals surface area (Å²) in [4.78, 5) is 15.5. The van der Waals surface area contributed by atoms with Crippen molar-refractivity contribution in [2.24, 2.45) is 0 Å². The van der Waals surface area contributed by atoms with E-state index in [4.69, 9.17) is 31.0 Å². The topological polar surface area (TPSA) is 56.7 Å². The summed E-state index contributed by atoms with van der Waals surface area (Å²) in [5, 5.41) is 7.10. The molecule has 0 atom stereocenters. The fourth-order valence-corrected chi connectivity index (χ4v) is 8.08. The third-order valence-electron chi connectivity index (χ3n) is 10.5. The summed E-state index contributed by atoms with van der Waals surface area (Å²) in [6.07, 6.45) is 0. The predicted molar refractivity (Wildman–Crippen MR) is 226 cm³/mol. The van der Waals surface area contributed by atoms with E-state index in [0.29, 0.717) is 22.5 Å². The van der Waals surface area contributed by atoms with Crippen molar-refractivity contribution in [2.45, 2.75) is 0 Å². The van der Waals surface area contributed by atoms with E-state index in [0.717, 1.165) is 88.0 Å². The molecule has 5 nitrogen and oxygen atoms in total. The van der Waals surface area contributed by atoms with Crippen molar-refractivity contribution < 1.29 is 4.42 Å². The number of furan rings is 1. The largest absolute Gasteiger partial charge is 0.456 e. The average molecular weight is 725 g/mol. The summed E-state index contributed by atoms with van der Waals surface area (Å²) in [7, 11) is 0. The molecule has 0 spiro atoms. The Labute approximate surface area is 320 Å². The van der Waals surface area contributed by atoms with Crippen LogP contribution >= 0.6 is 11.6 Å². The van der Waals surface area contributed by atoms with Gasteiger partial charge in [-0.1, -0.05) is 109 Å². The van der Waals surface area contributed by atoms with Gasteiger partial charge in [-0.15, -0.1) is 0 Å². The third-order valence-corrected chi connectivity index (χ3v) is 10.7. The zero-order chi connectivity index (χ0) is 36.5. The summed E-state index contributed by atoms with van der Waals surface area (Å²) >= 11 is 6.51. The minimum atomic E-state index is 0.575. The number of aromatic nitrogens is 4.